The van der Waals surface area contributed by atoms with Crippen molar-refractivity contribution in [2.75, 3.05) is 30.7 Å². The average molecular weight is 454 g/mol. The maximum absolute atomic E-state index is 13.2. The van der Waals surface area contributed by atoms with E-state index in [4.69, 9.17) is 9.47 Å². The summed E-state index contributed by atoms with van der Waals surface area (Å²) < 4.78 is 38.3. The van der Waals surface area contributed by atoms with Crippen LogP contribution in [0.3, 0.4) is 0 Å². The molecule has 172 valence electrons. The van der Waals surface area contributed by atoms with Crippen LogP contribution >= 0.6 is 0 Å². The van der Waals surface area contributed by atoms with Crippen molar-refractivity contribution in [3.05, 3.63) is 23.8 Å². The van der Waals surface area contributed by atoms with Crippen LogP contribution in [0.5, 0.6) is 5.75 Å². The molecular weight excluding hydrogens is 422 g/mol. The zero-order valence-corrected chi connectivity index (χ0v) is 19.0. The van der Waals surface area contributed by atoms with Crippen molar-refractivity contribution in [1.82, 2.24) is 10.2 Å². The Bertz CT molecular complexity index is 920. The van der Waals surface area contributed by atoms with Crippen LogP contribution in [0.2, 0.25) is 0 Å². The number of sulfonamides is 1. The first kappa shape index (κ1) is 23.3. The Labute approximate surface area is 183 Å². The maximum atomic E-state index is 13.2. The monoisotopic (exact) mass is 453 g/mol. The van der Waals surface area contributed by atoms with Gasteiger partial charge in [-0.25, -0.2) is 8.42 Å². The van der Waals surface area contributed by atoms with Gasteiger partial charge in [-0.3, -0.25) is 14.3 Å². The average Bonchev–Trinajstić information content (AvgIpc) is 2.75. The van der Waals surface area contributed by atoms with E-state index in [0.29, 0.717) is 42.8 Å². The molecule has 0 saturated carbocycles. The molecule has 0 spiro atoms. The third-order valence-corrected chi connectivity index (χ3v) is 6.96. The third kappa shape index (κ3) is 5.68. The molecule has 0 radical (unpaired) electrons. The number of likely N-dealkylation sites (N-methyl/N-ethyl adjacent to an activating group) is 1. The summed E-state index contributed by atoms with van der Waals surface area (Å²) in [6.07, 6.45) is 1.97. The molecule has 1 saturated heterocycles. The molecule has 0 aliphatic carbocycles. The number of carbonyl (C=O) groups is 2. The first-order chi connectivity index (χ1) is 14.7. The van der Waals surface area contributed by atoms with E-state index in [1.807, 2.05) is 6.92 Å². The third-order valence-electron chi connectivity index (χ3n) is 5.65. The summed E-state index contributed by atoms with van der Waals surface area (Å²) in [6, 6.07) is 4.48. The van der Waals surface area contributed by atoms with E-state index < -0.39 is 10.0 Å². The molecule has 1 fully saturated rings. The number of carbonyl (C=O) groups excluding carboxylic acids is 2. The van der Waals surface area contributed by atoms with Crippen LogP contribution in [0.1, 0.15) is 49.9 Å². The molecule has 3 rings (SSSR count). The lowest BCUT2D eigenvalue weighted by Gasteiger charge is -2.42. The van der Waals surface area contributed by atoms with Gasteiger partial charge in [-0.15, -0.1) is 0 Å². The standard InChI is InChI=1S/C21H31N3O6S/c1-4-10-22-20(25)12-15-7-8-17-19(30-15)13-29-18-9-6-14(23-31(27,28)5-2)11-16(18)21(26)24(17)3/h6,9,11,15,17,19,23H,4-5,7-8,10,12-13H2,1-3H3,(H,22,25)/t15-,17-,19+/m1/s1. The van der Waals surface area contributed by atoms with E-state index in [-0.39, 0.29) is 42.4 Å². The van der Waals surface area contributed by atoms with E-state index in [9.17, 15) is 18.0 Å². The molecule has 10 heteroatoms. The second-order valence-electron chi connectivity index (χ2n) is 7.94. The van der Waals surface area contributed by atoms with Gasteiger partial charge in [0.2, 0.25) is 15.9 Å². The fourth-order valence-corrected chi connectivity index (χ4v) is 4.52. The minimum Gasteiger partial charge on any atom is -0.490 e. The highest BCUT2D eigenvalue weighted by Gasteiger charge is 2.39. The van der Waals surface area contributed by atoms with Gasteiger partial charge in [-0.2, -0.15) is 0 Å². The molecule has 2 N–H and O–H groups in total. The highest BCUT2D eigenvalue weighted by atomic mass is 32.2. The zero-order chi connectivity index (χ0) is 22.6. The molecule has 9 nitrogen and oxygen atoms in total. The summed E-state index contributed by atoms with van der Waals surface area (Å²) in [7, 11) is -1.74. The minimum absolute atomic E-state index is 0.0334. The Morgan fingerprint density at radius 2 is 2.03 bits per heavy atom. The highest BCUT2D eigenvalue weighted by molar-refractivity contribution is 7.92. The highest BCUT2D eigenvalue weighted by Crippen LogP contribution is 2.32. The van der Waals surface area contributed by atoms with Crippen molar-refractivity contribution < 1.29 is 27.5 Å². The van der Waals surface area contributed by atoms with Crippen LogP contribution in [0.25, 0.3) is 0 Å². The van der Waals surface area contributed by atoms with Crippen molar-refractivity contribution in [2.45, 2.75) is 57.8 Å². The summed E-state index contributed by atoms with van der Waals surface area (Å²) in [5, 5.41) is 2.86. The van der Waals surface area contributed by atoms with Gasteiger partial charge in [0.05, 0.1) is 29.9 Å². The first-order valence-electron chi connectivity index (χ1n) is 10.7. The quantitative estimate of drug-likeness (QED) is 0.650. The van der Waals surface area contributed by atoms with E-state index in [0.717, 1.165) is 6.42 Å². The summed E-state index contributed by atoms with van der Waals surface area (Å²) in [6.45, 7) is 4.43. The molecule has 2 aliphatic rings. The predicted octanol–water partition coefficient (Wildman–Crippen LogP) is 1.75. The number of fused-ring (bicyclic) bond motifs is 2. The smallest absolute Gasteiger partial charge is 0.257 e. The number of hydrogen-bond acceptors (Lipinski definition) is 6. The van der Waals surface area contributed by atoms with Gasteiger partial charge in [-0.05, 0) is 44.4 Å². The van der Waals surface area contributed by atoms with Crippen LogP contribution in [-0.4, -0.2) is 69.3 Å². The molecule has 0 aromatic heterocycles. The van der Waals surface area contributed by atoms with Crippen LogP contribution in [-0.2, 0) is 19.6 Å². The minimum atomic E-state index is -3.46. The largest absolute Gasteiger partial charge is 0.490 e. The van der Waals surface area contributed by atoms with Gasteiger partial charge >= 0.3 is 0 Å². The predicted molar refractivity (Wildman–Crippen MR) is 117 cm³/mol. The number of hydrogen-bond donors (Lipinski definition) is 2. The molecule has 0 unspecified atom stereocenters. The number of rotatable bonds is 7. The fraction of sp³-hybridized carbons (Fsp3) is 0.619. The lowest BCUT2D eigenvalue weighted by atomic mass is 9.94. The fourth-order valence-electron chi connectivity index (χ4n) is 3.89. The number of amides is 2. The number of ether oxygens (including phenoxy) is 2. The van der Waals surface area contributed by atoms with Crippen LogP contribution in [0.15, 0.2) is 18.2 Å². The van der Waals surface area contributed by atoms with Gasteiger partial charge in [0, 0.05) is 19.3 Å². The lowest BCUT2D eigenvalue weighted by molar-refractivity contribution is -0.134. The molecule has 2 amide bonds. The second-order valence-corrected chi connectivity index (χ2v) is 9.95. The Kier molecular flexibility index (Phi) is 7.42. The van der Waals surface area contributed by atoms with Crippen LogP contribution in [0, 0.1) is 0 Å². The molecule has 2 heterocycles. The van der Waals surface area contributed by atoms with Gasteiger partial charge in [-0.1, -0.05) is 6.92 Å². The molecule has 1 aromatic carbocycles. The van der Waals surface area contributed by atoms with Crippen molar-refractivity contribution in [3.63, 3.8) is 0 Å². The van der Waals surface area contributed by atoms with Crippen LogP contribution in [0.4, 0.5) is 5.69 Å². The summed E-state index contributed by atoms with van der Waals surface area (Å²) in [4.78, 5) is 26.8. The Morgan fingerprint density at radius 1 is 1.26 bits per heavy atom. The molecule has 3 atom stereocenters. The lowest BCUT2D eigenvalue weighted by Crippen LogP contribution is -2.54. The van der Waals surface area contributed by atoms with Gasteiger partial charge in [0.1, 0.15) is 18.5 Å². The molecule has 31 heavy (non-hydrogen) atoms. The number of anilines is 1. The summed E-state index contributed by atoms with van der Waals surface area (Å²) >= 11 is 0. The number of nitrogens with one attached hydrogen (secondary N) is 2. The van der Waals surface area contributed by atoms with Crippen molar-refractivity contribution in [3.8, 4) is 5.75 Å². The van der Waals surface area contributed by atoms with E-state index in [1.54, 1.807) is 31.0 Å². The Morgan fingerprint density at radius 3 is 2.74 bits per heavy atom. The molecular formula is C21H31N3O6S. The van der Waals surface area contributed by atoms with E-state index in [2.05, 4.69) is 10.0 Å². The van der Waals surface area contributed by atoms with Crippen LogP contribution < -0.4 is 14.8 Å². The molecule has 0 bridgehead atoms. The zero-order valence-electron chi connectivity index (χ0n) is 18.2. The molecule has 1 aromatic rings. The first-order valence-corrected chi connectivity index (χ1v) is 12.4. The SMILES string of the molecule is CCCNC(=O)C[C@H]1CC[C@@H]2[C@H](COc3ccc(NS(=O)(=O)CC)cc3C(=O)N2C)O1. The van der Waals surface area contributed by atoms with Gasteiger partial charge in [0.25, 0.3) is 5.91 Å². The maximum Gasteiger partial charge on any atom is 0.257 e. The Balaban J connectivity index is 1.75. The Hall–Kier alpha value is -2.33. The summed E-state index contributed by atoms with van der Waals surface area (Å²) in [5.74, 6) is 0.0210. The second kappa shape index (κ2) is 9.86. The van der Waals surface area contributed by atoms with E-state index >= 15 is 0 Å². The van der Waals surface area contributed by atoms with Gasteiger partial charge < -0.3 is 19.7 Å². The topological polar surface area (TPSA) is 114 Å². The summed E-state index contributed by atoms with van der Waals surface area (Å²) in [5.41, 5.74) is 0.624. The normalized spacial score (nSPS) is 23.6. The van der Waals surface area contributed by atoms with Crippen molar-refractivity contribution in [1.29, 1.82) is 0 Å². The number of nitrogens with zero attached hydrogens (tertiary/aromatic N) is 1. The van der Waals surface area contributed by atoms with E-state index in [1.165, 1.54) is 6.07 Å². The van der Waals surface area contributed by atoms with Crippen molar-refractivity contribution >= 4 is 27.5 Å². The molecule has 2 aliphatic heterocycles. The number of benzene rings is 1. The van der Waals surface area contributed by atoms with Crippen molar-refractivity contribution in [2.24, 2.45) is 0 Å². The van der Waals surface area contributed by atoms with Gasteiger partial charge in [0.15, 0.2) is 0 Å².